The number of Topliss-reactive ketones (excluding diaryl/α,β-unsaturated/α-hetero) is 1. The van der Waals surface area contributed by atoms with Gasteiger partial charge in [-0.3, -0.25) is 4.79 Å². The molecule has 3 nitrogen and oxygen atoms in total. The first-order valence-corrected chi connectivity index (χ1v) is 7.25. The summed E-state index contributed by atoms with van der Waals surface area (Å²) < 4.78 is 2.19. The third kappa shape index (κ3) is 1.41. The first kappa shape index (κ1) is 11.9. The Labute approximate surface area is 118 Å². The van der Waals surface area contributed by atoms with Gasteiger partial charge < -0.3 is 4.57 Å². The minimum absolute atomic E-state index is 0.0848. The Morgan fingerprint density at radius 3 is 2.85 bits per heavy atom. The van der Waals surface area contributed by atoms with Gasteiger partial charge in [-0.15, -0.1) is 0 Å². The van der Waals surface area contributed by atoms with E-state index in [4.69, 9.17) is 0 Å². The van der Waals surface area contributed by atoms with E-state index in [0.717, 1.165) is 18.5 Å². The van der Waals surface area contributed by atoms with Gasteiger partial charge in [-0.05, 0) is 18.4 Å². The number of carbonyl (C=O) groups excluding carboxylic acids is 1. The molecule has 1 fully saturated rings. The van der Waals surface area contributed by atoms with E-state index in [1.807, 2.05) is 12.5 Å². The fraction of sp³-hybridized carbons (Fsp3) is 0.412. The van der Waals surface area contributed by atoms with Crippen LogP contribution in [0.3, 0.4) is 0 Å². The lowest BCUT2D eigenvalue weighted by molar-refractivity contribution is -0.128. The predicted octanol–water partition coefficient (Wildman–Crippen LogP) is 3.46. The molecule has 0 spiro atoms. The highest BCUT2D eigenvalue weighted by atomic mass is 16.1. The average Bonchev–Trinajstić information content (AvgIpc) is 3.07. The van der Waals surface area contributed by atoms with E-state index in [1.165, 1.54) is 11.1 Å². The van der Waals surface area contributed by atoms with Gasteiger partial charge in [0, 0.05) is 16.9 Å². The van der Waals surface area contributed by atoms with Gasteiger partial charge in [0.15, 0.2) is 0 Å². The number of fused-ring (bicyclic) bond motifs is 3. The third-order valence-electron chi connectivity index (χ3n) is 4.99. The zero-order valence-corrected chi connectivity index (χ0v) is 11.8. The maximum Gasteiger partial charge on any atom is 0.143 e. The van der Waals surface area contributed by atoms with Crippen molar-refractivity contribution in [1.82, 2.24) is 9.55 Å². The molecule has 2 heterocycles. The summed E-state index contributed by atoms with van der Waals surface area (Å²) in [6.07, 6.45) is 5.74. The van der Waals surface area contributed by atoms with Crippen LogP contribution in [0.4, 0.5) is 0 Å². The number of ketones is 1. The molecule has 0 amide bonds. The Kier molecular flexibility index (Phi) is 2.27. The largest absolute Gasteiger partial charge is 0.322 e. The lowest BCUT2D eigenvalue weighted by Gasteiger charge is -2.23. The number of imidazole rings is 1. The van der Waals surface area contributed by atoms with Crippen molar-refractivity contribution in [1.29, 1.82) is 0 Å². The summed E-state index contributed by atoms with van der Waals surface area (Å²) in [7, 11) is 0. The lowest BCUT2D eigenvalue weighted by atomic mass is 9.85. The highest BCUT2D eigenvalue weighted by Gasteiger charge is 2.47. The van der Waals surface area contributed by atoms with Crippen LogP contribution in [0.5, 0.6) is 0 Å². The second-order valence-corrected chi connectivity index (χ2v) is 6.61. The van der Waals surface area contributed by atoms with Crippen LogP contribution in [0.25, 0.3) is 11.3 Å². The van der Waals surface area contributed by atoms with Gasteiger partial charge in [0.2, 0.25) is 0 Å². The van der Waals surface area contributed by atoms with Gasteiger partial charge in [0.25, 0.3) is 0 Å². The average molecular weight is 266 g/mol. The quantitative estimate of drug-likeness (QED) is 0.792. The normalized spacial score (nSPS) is 26.6. The van der Waals surface area contributed by atoms with Crippen LogP contribution >= 0.6 is 0 Å². The molecule has 1 aliphatic carbocycles. The molecule has 3 heteroatoms. The summed E-state index contributed by atoms with van der Waals surface area (Å²) in [6, 6.07) is 8.55. The number of hydrogen-bond donors (Lipinski definition) is 0. The molecule has 2 aromatic rings. The molecular formula is C17H18N2O. The fourth-order valence-corrected chi connectivity index (χ4v) is 3.86. The van der Waals surface area contributed by atoms with E-state index in [1.54, 1.807) is 0 Å². The van der Waals surface area contributed by atoms with Crippen LogP contribution in [-0.4, -0.2) is 15.3 Å². The lowest BCUT2D eigenvalue weighted by Crippen LogP contribution is -2.27. The Bertz CT molecular complexity index is 699. The van der Waals surface area contributed by atoms with Crippen molar-refractivity contribution in [3.05, 3.63) is 42.4 Å². The van der Waals surface area contributed by atoms with Crippen molar-refractivity contribution in [2.45, 2.75) is 32.7 Å². The summed E-state index contributed by atoms with van der Waals surface area (Å²) in [6.45, 7) is 4.15. The molecule has 0 saturated heterocycles. The molecular weight excluding hydrogens is 248 g/mol. The van der Waals surface area contributed by atoms with Gasteiger partial charge >= 0.3 is 0 Å². The molecule has 2 atom stereocenters. The highest BCUT2D eigenvalue weighted by Crippen LogP contribution is 2.50. The second-order valence-electron chi connectivity index (χ2n) is 6.61. The summed E-state index contributed by atoms with van der Waals surface area (Å²) in [5, 5.41) is 0. The maximum atomic E-state index is 12.7. The Balaban J connectivity index is 1.86. The van der Waals surface area contributed by atoms with Crippen LogP contribution in [0.2, 0.25) is 0 Å². The van der Waals surface area contributed by atoms with E-state index < -0.39 is 0 Å². The smallest absolute Gasteiger partial charge is 0.143 e. The number of benzene rings is 1. The van der Waals surface area contributed by atoms with Gasteiger partial charge in [-0.25, -0.2) is 4.98 Å². The molecule has 1 aromatic heterocycles. The van der Waals surface area contributed by atoms with Crippen molar-refractivity contribution in [3.8, 4) is 11.3 Å². The Hall–Kier alpha value is -1.90. The van der Waals surface area contributed by atoms with Gasteiger partial charge in [-0.1, -0.05) is 38.1 Å². The summed E-state index contributed by atoms with van der Waals surface area (Å²) >= 11 is 0. The van der Waals surface area contributed by atoms with Crippen molar-refractivity contribution in [3.63, 3.8) is 0 Å². The van der Waals surface area contributed by atoms with Gasteiger partial charge in [0.1, 0.15) is 5.78 Å². The van der Waals surface area contributed by atoms with Crippen LogP contribution in [0.1, 0.15) is 38.3 Å². The predicted molar refractivity (Wildman–Crippen MR) is 77.3 cm³/mol. The summed E-state index contributed by atoms with van der Waals surface area (Å²) in [5.41, 5.74) is 3.47. The Morgan fingerprint density at radius 1 is 1.30 bits per heavy atom. The standard InChI is InChI=1S/C17H18N2O/c1-17(2)8-7-13(16(17)20)15-12-6-4-3-5-11(12)14-9-18-10-19(14)15/h3-6,9-10,13,15H,7-8H2,1-2H3. The molecule has 20 heavy (non-hydrogen) atoms. The monoisotopic (exact) mass is 266 g/mol. The topological polar surface area (TPSA) is 34.9 Å². The van der Waals surface area contributed by atoms with Crippen molar-refractivity contribution >= 4 is 5.78 Å². The third-order valence-corrected chi connectivity index (χ3v) is 4.99. The molecule has 1 aliphatic heterocycles. The maximum absolute atomic E-state index is 12.7. The molecule has 1 saturated carbocycles. The van der Waals surface area contributed by atoms with E-state index >= 15 is 0 Å². The molecule has 2 unspecified atom stereocenters. The zero-order chi connectivity index (χ0) is 13.9. The van der Waals surface area contributed by atoms with Crippen LogP contribution in [-0.2, 0) is 4.79 Å². The number of aromatic nitrogens is 2. The van der Waals surface area contributed by atoms with Crippen molar-refractivity contribution in [2.75, 3.05) is 0 Å². The van der Waals surface area contributed by atoms with E-state index in [-0.39, 0.29) is 17.4 Å². The van der Waals surface area contributed by atoms with Crippen LogP contribution in [0, 0.1) is 11.3 Å². The molecule has 1 aromatic carbocycles. The van der Waals surface area contributed by atoms with Gasteiger partial charge in [-0.2, -0.15) is 0 Å². The Morgan fingerprint density at radius 2 is 2.10 bits per heavy atom. The fourth-order valence-electron chi connectivity index (χ4n) is 3.86. The number of nitrogens with zero attached hydrogens (tertiary/aromatic N) is 2. The second kappa shape index (κ2) is 3.81. The van der Waals surface area contributed by atoms with Crippen molar-refractivity contribution in [2.24, 2.45) is 11.3 Å². The van der Waals surface area contributed by atoms with E-state index in [0.29, 0.717) is 5.78 Å². The van der Waals surface area contributed by atoms with Crippen molar-refractivity contribution < 1.29 is 4.79 Å². The molecule has 0 N–H and O–H groups in total. The highest BCUT2D eigenvalue weighted by molar-refractivity contribution is 5.90. The first-order valence-electron chi connectivity index (χ1n) is 7.25. The molecule has 2 aliphatic rings. The number of rotatable bonds is 1. The number of hydrogen-bond acceptors (Lipinski definition) is 2. The molecule has 4 rings (SSSR count). The minimum atomic E-state index is -0.178. The summed E-state index contributed by atoms with van der Waals surface area (Å²) in [5.74, 6) is 0.487. The van der Waals surface area contributed by atoms with Crippen LogP contribution < -0.4 is 0 Å². The molecule has 102 valence electrons. The van der Waals surface area contributed by atoms with Gasteiger partial charge in [0.05, 0.1) is 24.3 Å². The molecule has 0 radical (unpaired) electrons. The minimum Gasteiger partial charge on any atom is -0.322 e. The zero-order valence-electron chi connectivity index (χ0n) is 11.8. The SMILES string of the molecule is CC1(C)CCC(C2c3ccccc3-c3cncn32)C1=O. The first-order chi connectivity index (χ1) is 9.59. The number of carbonyl (C=O) groups is 1. The summed E-state index contributed by atoms with van der Waals surface area (Å²) in [4.78, 5) is 17.0. The van der Waals surface area contributed by atoms with E-state index in [2.05, 4.69) is 47.7 Å². The molecule has 0 bridgehead atoms. The van der Waals surface area contributed by atoms with E-state index in [9.17, 15) is 4.79 Å². The van der Waals surface area contributed by atoms with Crippen LogP contribution in [0.15, 0.2) is 36.8 Å².